The molecule has 2 aromatic carbocycles. The monoisotopic (exact) mass is 520 g/mol. The Hall–Kier alpha value is -2.20. The number of aryl methyl sites for hydroxylation is 2. The molecular formula is C33H60O4. The van der Waals surface area contributed by atoms with Gasteiger partial charge in [-0.25, -0.2) is 0 Å². The average Bonchev–Trinajstić information content (AvgIpc) is 2.89. The summed E-state index contributed by atoms with van der Waals surface area (Å²) in [5.74, 6) is 2.60. The molecule has 2 rings (SSSR count). The van der Waals surface area contributed by atoms with Gasteiger partial charge in [0.25, 0.3) is 0 Å². The Labute approximate surface area is 231 Å². The zero-order valence-electron chi connectivity index (χ0n) is 26.8. The van der Waals surface area contributed by atoms with Gasteiger partial charge in [0.05, 0.1) is 13.2 Å². The molecule has 0 amide bonds. The summed E-state index contributed by atoms with van der Waals surface area (Å²) in [6.07, 6.45) is 2.31. The van der Waals surface area contributed by atoms with Gasteiger partial charge < -0.3 is 18.9 Å². The summed E-state index contributed by atoms with van der Waals surface area (Å²) >= 11 is 0. The standard InChI is InChI=1S/C15H24O2.C11H16O2.C3H8.2C2H6/c1-7-16-13-10-12(15(4,5)6)9-11(3)14(13)17-8-2;1-3-10-5-7-11(8-6-10)13-9-12-4-2;1-3-2;2*1-2/h9-10H,7-8H2,1-6H3;5-8H,3-4,9H2,1-2H3;3H2,1-2H3;2*1-2H3. The van der Waals surface area contributed by atoms with Crippen LogP contribution in [0.5, 0.6) is 17.2 Å². The number of ether oxygens (including phenoxy) is 4. The van der Waals surface area contributed by atoms with Crippen LogP contribution in [-0.2, 0) is 16.6 Å². The van der Waals surface area contributed by atoms with Crippen molar-refractivity contribution < 1.29 is 18.9 Å². The van der Waals surface area contributed by atoms with E-state index in [1.54, 1.807) is 0 Å². The molecule has 0 bridgehead atoms. The number of rotatable bonds is 9. The van der Waals surface area contributed by atoms with Gasteiger partial charge in [0.15, 0.2) is 18.3 Å². The highest BCUT2D eigenvalue weighted by Gasteiger charge is 2.18. The van der Waals surface area contributed by atoms with Crippen molar-refractivity contribution in [3.8, 4) is 17.2 Å². The molecule has 4 nitrogen and oxygen atoms in total. The SMILES string of the molecule is CC.CC.CCC.CCOCOc1ccc(CC)cc1.CCOc1cc(C(C)(C)C)cc(C)c1OCC. The average molecular weight is 521 g/mol. The molecular weight excluding hydrogens is 460 g/mol. The van der Waals surface area contributed by atoms with Crippen molar-refractivity contribution in [3.05, 3.63) is 53.1 Å². The minimum absolute atomic E-state index is 0.126. The van der Waals surface area contributed by atoms with Gasteiger partial charge in [0.1, 0.15) is 5.75 Å². The summed E-state index contributed by atoms with van der Waals surface area (Å²) in [6, 6.07) is 12.4. The topological polar surface area (TPSA) is 36.9 Å². The lowest BCUT2D eigenvalue weighted by molar-refractivity contribution is 0.0224. The van der Waals surface area contributed by atoms with E-state index in [-0.39, 0.29) is 5.41 Å². The van der Waals surface area contributed by atoms with Crippen LogP contribution in [0.2, 0.25) is 0 Å². The Bertz CT molecular complexity index is 746. The third-order valence-corrected chi connectivity index (χ3v) is 4.54. The smallest absolute Gasteiger partial charge is 0.189 e. The normalized spacial score (nSPS) is 9.57. The van der Waals surface area contributed by atoms with Crippen molar-refractivity contribution in [1.29, 1.82) is 0 Å². The molecule has 0 spiro atoms. The minimum Gasteiger partial charge on any atom is -0.490 e. The third kappa shape index (κ3) is 18.7. The zero-order chi connectivity index (χ0) is 29.3. The molecule has 0 unspecified atom stereocenters. The molecule has 37 heavy (non-hydrogen) atoms. The molecule has 0 aliphatic rings. The Morgan fingerprint density at radius 2 is 1.19 bits per heavy atom. The van der Waals surface area contributed by atoms with Gasteiger partial charge in [-0.15, -0.1) is 0 Å². The summed E-state index contributed by atoms with van der Waals surface area (Å²) in [6.45, 7) is 31.4. The van der Waals surface area contributed by atoms with E-state index in [9.17, 15) is 0 Å². The van der Waals surface area contributed by atoms with Crippen molar-refractivity contribution in [2.45, 2.75) is 115 Å². The lowest BCUT2D eigenvalue weighted by Gasteiger charge is -2.22. The van der Waals surface area contributed by atoms with E-state index in [0.717, 1.165) is 29.2 Å². The maximum atomic E-state index is 5.68. The molecule has 0 atom stereocenters. The van der Waals surface area contributed by atoms with Gasteiger partial charge in [0, 0.05) is 6.61 Å². The molecule has 216 valence electrons. The third-order valence-electron chi connectivity index (χ3n) is 4.54. The van der Waals surface area contributed by atoms with E-state index in [1.807, 2.05) is 60.6 Å². The van der Waals surface area contributed by atoms with E-state index in [0.29, 0.717) is 26.6 Å². The second kappa shape index (κ2) is 25.4. The van der Waals surface area contributed by atoms with Crippen LogP contribution < -0.4 is 14.2 Å². The highest BCUT2D eigenvalue weighted by molar-refractivity contribution is 5.50. The second-order valence-corrected chi connectivity index (χ2v) is 8.70. The fourth-order valence-electron chi connectivity index (χ4n) is 2.78. The molecule has 0 aliphatic carbocycles. The van der Waals surface area contributed by atoms with Gasteiger partial charge in [-0.1, -0.05) is 93.9 Å². The first-order valence-corrected chi connectivity index (χ1v) is 14.4. The van der Waals surface area contributed by atoms with Crippen molar-refractivity contribution >= 4 is 0 Å². The molecule has 2 aromatic rings. The van der Waals surface area contributed by atoms with E-state index in [2.05, 4.69) is 72.7 Å². The lowest BCUT2D eigenvalue weighted by atomic mass is 9.86. The van der Waals surface area contributed by atoms with E-state index in [1.165, 1.54) is 17.5 Å². The molecule has 0 N–H and O–H groups in total. The Balaban J connectivity index is -0.000000513. The Kier molecular flexibility index (Phi) is 27.0. The second-order valence-electron chi connectivity index (χ2n) is 8.70. The predicted octanol–water partition coefficient (Wildman–Crippen LogP) is 10.2. The quantitative estimate of drug-likeness (QED) is 0.243. The van der Waals surface area contributed by atoms with E-state index in [4.69, 9.17) is 18.9 Å². The molecule has 0 saturated heterocycles. The fourth-order valence-corrected chi connectivity index (χ4v) is 2.78. The van der Waals surface area contributed by atoms with Crippen LogP contribution in [0, 0.1) is 6.92 Å². The summed E-state index contributed by atoms with van der Waals surface area (Å²) in [4.78, 5) is 0. The van der Waals surface area contributed by atoms with Crippen LogP contribution in [0.25, 0.3) is 0 Å². The van der Waals surface area contributed by atoms with Crippen LogP contribution in [0.4, 0.5) is 0 Å². The fraction of sp³-hybridized carbons (Fsp3) is 0.636. The predicted molar refractivity (Wildman–Crippen MR) is 164 cm³/mol. The summed E-state index contributed by atoms with van der Waals surface area (Å²) in [7, 11) is 0. The Morgan fingerprint density at radius 3 is 1.59 bits per heavy atom. The maximum Gasteiger partial charge on any atom is 0.189 e. The molecule has 0 aromatic heterocycles. The largest absolute Gasteiger partial charge is 0.490 e. The van der Waals surface area contributed by atoms with Crippen molar-refractivity contribution in [2.75, 3.05) is 26.6 Å². The van der Waals surface area contributed by atoms with Gasteiger partial charge in [-0.2, -0.15) is 0 Å². The first-order valence-electron chi connectivity index (χ1n) is 14.4. The van der Waals surface area contributed by atoms with Gasteiger partial charge in [-0.3, -0.25) is 0 Å². The van der Waals surface area contributed by atoms with Crippen LogP contribution in [0.1, 0.15) is 113 Å². The zero-order valence-corrected chi connectivity index (χ0v) is 26.8. The van der Waals surface area contributed by atoms with Crippen LogP contribution in [0.3, 0.4) is 0 Å². The van der Waals surface area contributed by atoms with Crippen LogP contribution in [0.15, 0.2) is 36.4 Å². The molecule has 0 radical (unpaired) electrons. The first-order chi connectivity index (χ1) is 17.7. The maximum absolute atomic E-state index is 5.68. The van der Waals surface area contributed by atoms with E-state index >= 15 is 0 Å². The van der Waals surface area contributed by atoms with Crippen LogP contribution in [-0.4, -0.2) is 26.6 Å². The summed E-state index contributed by atoms with van der Waals surface area (Å²) < 4.78 is 21.7. The lowest BCUT2D eigenvalue weighted by Crippen LogP contribution is -2.12. The molecule has 0 fully saturated rings. The molecule has 0 heterocycles. The summed E-state index contributed by atoms with van der Waals surface area (Å²) in [5.41, 5.74) is 3.87. The number of hydrogen-bond acceptors (Lipinski definition) is 4. The first kappa shape index (κ1) is 39.3. The highest BCUT2D eigenvalue weighted by atomic mass is 16.7. The van der Waals surface area contributed by atoms with Crippen molar-refractivity contribution in [2.24, 2.45) is 0 Å². The minimum atomic E-state index is 0.126. The van der Waals surface area contributed by atoms with Gasteiger partial charge in [0.2, 0.25) is 0 Å². The molecule has 0 aliphatic heterocycles. The van der Waals surface area contributed by atoms with Gasteiger partial charge in [-0.05, 0) is 74.4 Å². The van der Waals surface area contributed by atoms with Crippen molar-refractivity contribution in [3.63, 3.8) is 0 Å². The number of hydrogen-bond donors (Lipinski definition) is 0. The molecule has 0 saturated carbocycles. The summed E-state index contributed by atoms with van der Waals surface area (Å²) in [5, 5.41) is 0. The highest BCUT2D eigenvalue weighted by Crippen LogP contribution is 2.36. The van der Waals surface area contributed by atoms with Crippen LogP contribution >= 0.6 is 0 Å². The molecule has 4 heteroatoms. The van der Waals surface area contributed by atoms with Crippen molar-refractivity contribution in [1.82, 2.24) is 0 Å². The Morgan fingerprint density at radius 1 is 0.676 bits per heavy atom. The number of benzene rings is 2. The van der Waals surface area contributed by atoms with Gasteiger partial charge >= 0.3 is 0 Å². The van der Waals surface area contributed by atoms with E-state index < -0.39 is 0 Å².